The third-order valence-corrected chi connectivity index (χ3v) is 4.08. The van der Waals surface area contributed by atoms with Gasteiger partial charge in [-0.1, -0.05) is 18.2 Å². The summed E-state index contributed by atoms with van der Waals surface area (Å²) in [5.41, 5.74) is 0.884. The van der Waals surface area contributed by atoms with Gasteiger partial charge in [0.15, 0.2) is 17.5 Å². The highest BCUT2D eigenvalue weighted by molar-refractivity contribution is 5.79. The summed E-state index contributed by atoms with van der Waals surface area (Å²) < 4.78 is 70.0. The van der Waals surface area contributed by atoms with Gasteiger partial charge in [-0.3, -0.25) is 4.99 Å². The normalized spacial score (nSPS) is 13.0. The molecule has 0 bridgehead atoms. The molecular formula is C19H19F4N3O4. The van der Waals surface area contributed by atoms with Crippen LogP contribution in [0.4, 0.5) is 17.6 Å². The molecule has 1 heterocycles. The standard InChI is InChI=1S/C19H19F4N3O4/c1-24-19(25-8-11-4-2-3-5-13(11)29-17(20)21)26-9-12-6-15-16(28-10-27-15)7-14(12)30-18(22)23/h2-7,17-18H,8-10H2,1H3,(H2,24,25,26). The molecule has 0 aromatic heterocycles. The van der Waals surface area contributed by atoms with Crippen LogP contribution in [0.25, 0.3) is 0 Å². The lowest BCUT2D eigenvalue weighted by Crippen LogP contribution is -2.36. The lowest BCUT2D eigenvalue weighted by Gasteiger charge is -2.16. The van der Waals surface area contributed by atoms with E-state index in [1.807, 2.05) is 0 Å². The largest absolute Gasteiger partial charge is 0.454 e. The summed E-state index contributed by atoms with van der Waals surface area (Å²) in [5.74, 6) is 1.01. The molecule has 1 aliphatic heterocycles. The van der Waals surface area contributed by atoms with Crippen LogP contribution in [0.2, 0.25) is 0 Å². The van der Waals surface area contributed by atoms with Gasteiger partial charge in [-0.2, -0.15) is 17.6 Å². The van der Waals surface area contributed by atoms with Crippen molar-refractivity contribution in [2.24, 2.45) is 4.99 Å². The van der Waals surface area contributed by atoms with E-state index in [4.69, 9.17) is 9.47 Å². The fraction of sp³-hybridized carbons (Fsp3) is 0.316. The van der Waals surface area contributed by atoms with Crippen molar-refractivity contribution in [3.05, 3.63) is 47.5 Å². The SMILES string of the molecule is CN=C(NCc1ccccc1OC(F)F)NCc1cc2c(cc1OC(F)F)OCO2. The Morgan fingerprint density at radius 3 is 2.20 bits per heavy atom. The number of nitrogens with zero attached hydrogens (tertiary/aromatic N) is 1. The summed E-state index contributed by atoms with van der Waals surface area (Å²) in [6.45, 7) is -5.74. The van der Waals surface area contributed by atoms with Crippen molar-refractivity contribution in [3.63, 3.8) is 0 Å². The molecule has 0 saturated carbocycles. The van der Waals surface area contributed by atoms with Crippen LogP contribution in [0.15, 0.2) is 41.4 Å². The van der Waals surface area contributed by atoms with Crippen LogP contribution >= 0.6 is 0 Å². The van der Waals surface area contributed by atoms with E-state index in [1.165, 1.54) is 25.2 Å². The molecule has 162 valence electrons. The second-order valence-corrected chi connectivity index (χ2v) is 5.96. The van der Waals surface area contributed by atoms with Gasteiger partial charge in [0.25, 0.3) is 0 Å². The highest BCUT2D eigenvalue weighted by atomic mass is 19.3. The molecule has 11 heteroatoms. The minimum absolute atomic E-state index is 0.0103. The molecule has 0 amide bonds. The van der Waals surface area contributed by atoms with E-state index in [0.717, 1.165) is 0 Å². The molecule has 0 radical (unpaired) electrons. The Kier molecular flexibility index (Phi) is 7.04. The summed E-state index contributed by atoms with van der Waals surface area (Å²) >= 11 is 0. The van der Waals surface area contributed by atoms with Gasteiger partial charge in [0.2, 0.25) is 6.79 Å². The number of fused-ring (bicyclic) bond motifs is 1. The summed E-state index contributed by atoms with van der Waals surface area (Å²) in [6, 6.07) is 9.20. The van der Waals surface area contributed by atoms with Gasteiger partial charge in [-0.25, -0.2) is 0 Å². The van der Waals surface area contributed by atoms with Crippen LogP contribution in [-0.4, -0.2) is 33.0 Å². The van der Waals surface area contributed by atoms with Gasteiger partial charge >= 0.3 is 13.2 Å². The number of benzene rings is 2. The van der Waals surface area contributed by atoms with Crippen molar-refractivity contribution in [1.82, 2.24) is 10.6 Å². The number of halogens is 4. The highest BCUT2D eigenvalue weighted by Gasteiger charge is 2.20. The number of aliphatic imine (C=N–C) groups is 1. The van der Waals surface area contributed by atoms with Crippen LogP contribution in [0.1, 0.15) is 11.1 Å². The molecule has 0 atom stereocenters. The number of nitrogens with one attached hydrogen (secondary N) is 2. The second-order valence-electron chi connectivity index (χ2n) is 5.96. The first-order chi connectivity index (χ1) is 14.5. The molecule has 0 fully saturated rings. The number of ether oxygens (including phenoxy) is 4. The maximum absolute atomic E-state index is 12.7. The van der Waals surface area contributed by atoms with E-state index < -0.39 is 13.2 Å². The number of alkyl halides is 4. The molecule has 0 saturated heterocycles. The predicted octanol–water partition coefficient (Wildman–Crippen LogP) is 3.48. The molecule has 3 rings (SSSR count). The Morgan fingerprint density at radius 1 is 0.933 bits per heavy atom. The van der Waals surface area contributed by atoms with Crippen molar-refractivity contribution in [1.29, 1.82) is 0 Å². The first-order valence-corrected chi connectivity index (χ1v) is 8.81. The fourth-order valence-corrected chi connectivity index (χ4v) is 2.75. The van der Waals surface area contributed by atoms with Crippen LogP contribution in [0, 0.1) is 0 Å². The van der Waals surface area contributed by atoms with Gasteiger partial charge in [0.1, 0.15) is 11.5 Å². The van der Waals surface area contributed by atoms with Crippen LogP contribution in [-0.2, 0) is 13.1 Å². The molecule has 30 heavy (non-hydrogen) atoms. The molecule has 0 aliphatic carbocycles. The fourth-order valence-electron chi connectivity index (χ4n) is 2.75. The van der Waals surface area contributed by atoms with Crippen LogP contribution < -0.4 is 29.6 Å². The molecule has 2 aromatic rings. The van der Waals surface area contributed by atoms with Crippen molar-refractivity contribution in [3.8, 4) is 23.0 Å². The van der Waals surface area contributed by atoms with Gasteiger partial charge < -0.3 is 29.6 Å². The van der Waals surface area contributed by atoms with Crippen molar-refractivity contribution in [2.75, 3.05) is 13.8 Å². The maximum Gasteiger partial charge on any atom is 0.387 e. The summed E-state index contributed by atoms with van der Waals surface area (Å²) in [7, 11) is 1.51. The van der Waals surface area contributed by atoms with E-state index in [0.29, 0.717) is 28.6 Å². The van der Waals surface area contributed by atoms with E-state index in [9.17, 15) is 17.6 Å². The van der Waals surface area contributed by atoms with Crippen LogP contribution in [0.5, 0.6) is 23.0 Å². The van der Waals surface area contributed by atoms with E-state index >= 15 is 0 Å². The average molecular weight is 429 g/mol. The van der Waals surface area contributed by atoms with Gasteiger partial charge in [-0.15, -0.1) is 0 Å². The quantitative estimate of drug-likeness (QED) is 0.380. The Hall–Kier alpha value is -3.37. The number of para-hydroxylation sites is 1. The summed E-state index contributed by atoms with van der Waals surface area (Å²) in [6.07, 6.45) is 0. The first kappa shape index (κ1) is 21.3. The molecule has 2 aromatic carbocycles. The maximum atomic E-state index is 12.7. The third-order valence-electron chi connectivity index (χ3n) is 4.08. The summed E-state index contributed by atoms with van der Waals surface area (Å²) in [5, 5.41) is 5.90. The third kappa shape index (κ3) is 5.58. The number of hydrogen-bond acceptors (Lipinski definition) is 5. The average Bonchev–Trinajstić information content (AvgIpc) is 3.15. The van der Waals surface area contributed by atoms with Gasteiger partial charge in [-0.05, 0) is 12.1 Å². The zero-order valence-electron chi connectivity index (χ0n) is 15.8. The van der Waals surface area contributed by atoms with Crippen LogP contribution in [0.3, 0.4) is 0 Å². The van der Waals surface area contributed by atoms with Crippen molar-refractivity contribution >= 4 is 5.96 Å². The smallest absolute Gasteiger partial charge is 0.387 e. The first-order valence-electron chi connectivity index (χ1n) is 8.81. The molecule has 1 aliphatic rings. The highest BCUT2D eigenvalue weighted by Crippen LogP contribution is 2.38. The lowest BCUT2D eigenvalue weighted by atomic mass is 10.1. The number of rotatable bonds is 8. The monoisotopic (exact) mass is 429 g/mol. The Labute approximate surface area is 169 Å². The van der Waals surface area contributed by atoms with Crippen molar-refractivity contribution < 1.29 is 36.5 Å². The minimum Gasteiger partial charge on any atom is -0.454 e. The molecule has 2 N–H and O–H groups in total. The zero-order valence-corrected chi connectivity index (χ0v) is 15.8. The topological polar surface area (TPSA) is 73.3 Å². The van der Waals surface area contributed by atoms with E-state index in [2.05, 4.69) is 25.1 Å². The molecule has 0 unspecified atom stereocenters. The van der Waals surface area contributed by atoms with E-state index in [1.54, 1.807) is 18.2 Å². The second kappa shape index (κ2) is 9.90. The Bertz CT molecular complexity index is 896. The van der Waals surface area contributed by atoms with Gasteiger partial charge in [0.05, 0.1) is 0 Å². The van der Waals surface area contributed by atoms with Crippen molar-refractivity contribution in [2.45, 2.75) is 26.3 Å². The summed E-state index contributed by atoms with van der Waals surface area (Å²) in [4.78, 5) is 4.03. The zero-order chi connectivity index (χ0) is 21.5. The van der Waals surface area contributed by atoms with E-state index in [-0.39, 0.29) is 31.4 Å². The van der Waals surface area contributed by atoms with Gasteiger partial charge in [0, 0.05) is 37.3 Å². The number of hydrogen-bond donors (Lipinski definition) is 2. The molecule has 0 spiro atoms. The number of guanidine groups is 1. The Morgan fingerprint density at radius 2 is 1.53 bits per heavy atom. The molecular weight excluding hydrogens is 410 g/mol. The lowest BCUT2D eigenvalue weighted by molar-refractivity contribution is -0.0511. The minimum atomic E-state index is -3.01. The molecule has 7 nitrogen and oxygen atoms in total. The predicted molar refractivity (Wildman–Crippen MR) is 99.3 cm³/mol. The Balaban J connectivity index is 1.65.